The summed E-state index contributed by atoms with van der Waals surface area (Å²) in [6.45, 7) is 3.79. The highest BCUT2D eigenvalue weighted by Crippen LogP contribution is 2.26. The van der Waals surface area contributed by atoms with Crippen LogP contribution in [0, 0.1) is 0 Å². The topological polar surface area (TPSA) is 18.5 Å². The lowest BCUT2D eigenvalue weighted by molar-refractivity contribution is 0.217. The zero-order chi connectivity index (χ0) is 14.5. The number of benzene rings is 1. The zero-order valence-electron chi connectivity index (χ0n) is 11.2. The molecule has 20 heavy (non-hydrogen) atoms. The van der Waals surface area contributed by atoms with E-state index in [1.165, 1.54) is 0 Å². The Kier molecular flexibility index (Phi) is 5.56. The lowest BCUT2D eigenvalue weighted by Crippen LogP contribution is -2.48. The summed E-state index contributed by atoms with van der Waals surface area (Å²) in [7, 11) is 2.09. The quantitative estimate of drug-likeness (QED) is 0.680. The number of hydrogen-bond donors (Lipinski definition) is 1. The van der Waals surface area contributed by atoms with Gasteiger partial charge in [0.25, 0.3) is 5.76 Å². The van der Waals surface area contributed by atoms with Crippen LogP contribution in [0.5, 0.6) is 0 Å². The third kappa shape index (κ3) is 4.57. The Morgan fingerprint density at radius 3 is 2.35 bits per heavy atom. The fraction of sp³-hybridized carbons (Fsp3) is 0.462. The molecule has 0 unspecified atom stereocenters. The number of anilines is 1. The molecule has 1 fully saturated rings. The van der Waals surface area contributed by atoms with E-state index in [1.54, 1.807) is 24.3 Å². The van der Waals surface area contributed by atoms with E-state index in [-0.39, 0.29) is 0 Å². The normalized spacial score (nSPS) is 16.5. The van der Waals surface area contributed by atoms with Crippen LogP contribution in [-0.4, -0.2) is 53.9 Å². The summed E-state index contributed by atoms with van der Waals surface area (Å²) in [4.78, 5) is 4.93. The number of nitrogens with zero attached hydrogens (tertiary/aromatic N) is 2. The molecule has 0 spiro atoms. The van der Waals surface area contributed by atoms with Crippen molar-refractivity contribution in [1.29, 1.82) is 0 Å². The van der Waals surface area contributed by atoms with Gasteiger partial charge >= 0.3 is 0 Å². The van der Waals surface area contributed by atoms with Gasteiger partial charge in [-0.1, -0.05) is 11.8 Å². The highest BCUT2D eigenvalue weighted by Gasteiger charge is 2.16. The van der Waals surface area contributed by atoms with Crippen molar-refractivity contribution in [3.8, 4) is 0 Å². The molecule has 1 N–H and O–H groups in total. The van der Waals surface area contributed by atoms with Crippen LogP contribution in [0.25, 0.3) is 0 Å². The lowest BCUT2D eigenvalue weighted by Gasteiger charge is -2.34. The van der Waals surface area contributed by atoms with Gasteiger partial charge in [-0.2, -0.15) is 8.78 Å². The largest absolute Gasteiger partial charge is 0.346 e. The van der Waals surface area contributed by atoms with E-state index in [4.69, 9.17) is 12.2 Å². The fourth-order valence-electron chi connectivity index (χ4n) is 1.93. The number of nitrogens with one attached hydrogen (secondary N) is 1. The van der Waals surface area contributed by atoms with E-state index in [0.29, 0.717) is 21.8 Å². The SMILES string of the molecule is CN1CCN(C(=S)Nc2ccc(SC(F)F)cc2)CC1. The van der Waals surface area contributed by atoms with Crippen LogP contribution >= 0.6 is 24.0 Å². The first-order chi connectivity index (χ1) is 9.54. The highest BCUT2D eigenvalue weighted by atomic mass is 32.2. The van der Waals surface area contributed by atoms with Crippen molar-refractivity contribution in [1.82, 2.24) is 9.80 Å². The summed E-state index contributed by atoms with van der Waals surface area (Å²) in [6.07, 6.45) is 0. The third-order valence-electron chi connectivity index (χ3n) is 3.12. The lowest BCUT2D eigenvalue weighted by atomic mass is 10.3. The minimum absolute atomic E-state index is 0.544. The number of piperazine rings is 1. The van der Waals surface area contributed by atoms with E-state index >= 15 is 0 Å². The molecule has 0 aromatic heterocycles. The molecule has 0 bridgehead atoms. The first-order valence-electron chi connectivity index (χ1n) is 6.34. The second-order valence-electron chi connectivity index (χ2n) is 4.62. The van der Waals surface area contributed by atoms with Crippen molar-refractivity contribution in [3.63, 3.8) is 0 Å². The van der Waals surface area contributed by atoms with Gasteiger partial charge in [-0.3, -0.25) is 0 Å². The highest BCUT2D eigenvalue weighted by molar-refractivity contribution is 7.99. The number of rotatable bonds is 3. The van der Waals surface area contributed by atoms with Gasteiger partial charge in [-0.25, -0.2) is 0 Å². The fourth-order valence-corrected chi connectivity index (χ4v) is 2.73. The Morgan fingerprint density at radius 2 is 1.80 bits per heavy atom. The van der Waals surface area contributed by atoms with Gasteiger partial charge in [0.05, 0.1) is 0 Å². The molecule has 0 saturated carbocycles. The second-order valence-corrected chi connectivity index (χ2v) is 6.07. The number of likely N-dealkylation sites (N-methyl/N-ethyl adjacent to an activating group) is 1. The molecule has 1 aliphatic rings. The number of hydrogen-bond acceptors (Lipinski definition) is 3. The van der Waals surface area contributed by atoms with Gasteiger partial charge in [0.2, 0.25) is 0 Å². The van der Waals surface area contributed by atoms with E-state index in [2.05, 4.69) is 22.2 Å². The van der Waals surface area contributed by atoms with Crippen LogP contribution in [0.2, 0.25) is 0 Å². The zero-order valence-corrected chi connectivity index (χ0v) is 12.8. The van der Waals surface area contributed by atoms with Crippen molar-refractivity contribution in [3.05, 3.63) is 24.3 Å². The summed E-state index contributed by atoms with van der Waals surface area (Å²) in [5.74, 6) is -2.39. The first kappa shape index (κ1) is 15.5. The Labute approximate surface area is 127 Å². The van der Waals surface area contributed by atoms with Crippen LogP contribution in [0.3, 0.4) is 0 Å². The maximum absolute atomic E-state index is 12.2. The van der Waals surface area contributed by atoms with Gasteiger partial charge in [0.1, 0.15) is 0 Å². The van der Waals surface area contributed by atoms with Gasteiger partial charge in [0.15, 0.2) is 5.11 Å². The van der Waals surface area contributed by atoms with E-state index < -0.39 is 5.76 Å². The maximum atomic E-state index is 12.2. The molecule has 1 aromatic rings. The summed E-state index contributed by atoms with van der Waals surface area (Å²) in [5.41, 5.74) is 0.826. The standard InChI is InChI=1S/C13H17F2N3S2/c1-17-6-8-18(9-7-17)13(19)16-10-2-4-11(5-3-10)20-12(14)15/h2-5,12H,6-9H2,1H3,(H,16,19). The summed E-state index contributed by atoms with van der Waals surface area (Å²) >= 11 is 5.91. The Hall–Kier alpha value is -0.920. The second kappa shape index (κ2) is 7.19. The van der Waals surface area contributed by atoms with Gasteiger partial charge in [-0.15, -0.1) is 0 Å². The van der Waals surface area contributed by atoms with Crippen LogP contribution < -0.4 is 5.32 Å². The average Bonchev–Trinajstić information content (AvgIpc) is 2.41. The average molecular weight is 317 g/mol. The Balaban J connectivity index is 1.88. The van der Waals surface area contributed by atoms with Crippen molar-refractivity contribution >= 4 is 34.8 Å². The van der Waals surface area contributed by atoms with Crippen molar-refractivity contribution < 1.29 is 8.78 Å². The molecule has 1 aliphatic heterocycles. The van der Waals surface area contributed by atoms with Gasteiger partial charge in [0, 0.05) is 36.8 Å². The smallest absolute Gasteiger partial charge is 0.288 e. The monoisotopic (exact) mass is 317 g/mol. The van der Waals surface area contributed by atoms with Crippen LogP contribution in [0.4, 0.5) is 14.5 Å². The van der Waals surface area contributed by atoms with Gasteiger partial charge in [-0.05, 0) is 43.5 Å². The molecular formula is C13H17F2N3S2. The number of thioether (sulfide) groups is 1. The predicted molar refractivity (Wildman–Crippen MR) is 83.6 cm³/mol. The maximum Gasteiger partial charge on any atom is 0.288 e. The molecule has 0 aliphatic carbocycles. The summed E-state index contributed by atoms with van der Waals surface area (Å²) in [6, 6.07) is 6.89. The Bertz CT molecular complexity index is 445. The van der Waals surface area contributed by atoms with E-state index in [9.17, 15) is 8.78 Å². The number of alkyl halides is 2. The third-order valence-corrected chi connectivity index (χ3v) is 4.20. The molecular weight excluding hydrogens is 300 g/mol. The van der Waals surface area contributed by atoms with Crippen molar-refractivity contribution in [2.75, 3.05) is 38.5 Å². The van der Waals surface area contributed by atoms with Crippen molar-refractivity contribution in [2.24, 2.45) is 0 Å². The summed E-state index contributed by atoms with van der Waals surface area (Å²) < 4.78 is 24.4. The first-order valence-corrected chi connectivity index (χ1v) is 7.63. The number of halogens is 2. The van der Waals surface area contributed by atoms with Crippen LogP contribution in [0.15, 0.2) is 29.2 Å². The molecule has 0 amide bonds. The Morgan fingerprint density at radius 1 is 1.20 bits per heavy atom. The molecule has 1 saturated heterocycles. The molecule has 1 heterocycles. The van der Waals surface area contributed by atoms with Gasteiger partial charge < -0.3 is 15.1 Å². The molecule has 3 nitrogen and oxygen atoms in total. The predicted octanol–water partition coefficient (Wildman–Crippen LogP) is 2.95. The minimum atomic E-state index is -2.39. The summed E-state index contributed by atoms with van der Waals surface area (Å²) in [5, 5.41) is 3.84. The van der Waals surface area contributed by atoms with Crippen molar-refractivity contribution in [2.45, 2.75) is 10.7 Å². The van der Waals surface area contributed by atoms with Crippen LogP contribution in [-0.2, 0) is 0 Å². The van der Waals surface area contributed by atoms with E-state index in [1.807, 2.05) is 0 Å². The molecule has 1 aromatic carbocycles. The minimum Gasteiger partial charge on any atom is -0.346 e. The molecule has 7 heteroatoms. The molecule has 110 valence electrons. The molecule has 0 radical (unpaired) electrons. The molecule has 2 rings (SSSR count). The number of thiocarbonyl (C=S) groups is 1. The van der Waals surface area contributed by atoms with E-state index in [0.717, 1.165) is 31.9 Å². The molecule has 0 atom stereocenters. The van der Waals surface area contributed by atoms with Crippen LogP contribution in [0.1, 0.15) is 0 Å².